The summed E-state index contributed by atoms with van der Waals surface area (Å²) in [6, 6.07) is 13.1. The third-order valence-corrected chi connectivity index (χ3v) is 7.63. The van der Waals surface area contributed by atoms with Gasteiger partial charge in [0.15, 0.2) is 5.76 Å². The Hall–Kier alpha value is -4.67. The van der Waals surface area contributed by atoms with Crippen molar-refractivity contribution >= 4 is 68.9 Å². The van der Waals surface area contributed by atoms with Crippen LogP contribution in [0.3, 0.4) is 0 Å². The summed E-state index contributed by atoms with van der Waals surface area (Å²) in [5.41, 5.74) is 7.91. The van der Waals surface area contributed by atoms with E-state index >= 15 is 0 Å². The molecule has 0 fully saturated rings. The average molecular weight is 620 g/mol. The Morgan fingerprint density at radius 1 is 1.20 bits per heavy atom. The highest BCUT2D eigenvalue weighted by Crippen LogP contribution is 2.32. The number of guanidine groups is 1. The zero-order chi connectivity index (χ0) is 30.0. The first-order valence-corrected chi connectivity index (χ1v) is 14.2. The Bertz CT molecular complexity index is 1620. The Morgan fingerprint density at radius 3 is 2.56 bits per heavy atom. The number of nitrogens with two attached hydrogens (primary N) is 1. The molecular weight excluding hydrogens is 598 g/mol. The summed E-state index contributed by atoms with van der Waals surface area (Å²) in [6.07, 6.45) is 2.45. The zero-order valence-corrected chi connectivity index (χ0v) is 23.3. The lowest BCUT2D eigenvalue weighted by molar-refractivity contribution is -0.402. The number of anilines is 1. The highest BCUT2D eigenvalue weighted by Gasteiger charge is 2.25. The number of para-hydroxylation sites is 1. The summed E-state index contributed by atoms with van der Waals surface area (Å²) in [6.45, 7) is 3.50. The van der Waals surface area contributed by atoms with E-state index in [9.17, 15) is 28.1 Å². The number of halogens is 1. The highest BCUT2D eigenvalue weighted by atomic mass is 35.5. The quantitative estimate of drug-likeness (QED) is 0.0584. The van der Waals surface area contributed by atoms with Gasteiger partial charge < -0.3 is 15.5 Å². The van der Waals surface area contributed by atoms with Crippen molar-refractivity contribution in [3.8, 4) is 0 Å². The van der Waals surface area contributed by atoms with E-state index in [-0.39, 0.29) is 39.5 Å². The van der Waals surface area contributed by atoms with Gasteiger partial charge in [-0.15, -0.1) is 18.3 Å². The molecule has 17 heteroatoms. The van der Waals surface area contributed by atoms with Gasteiger partial charge in [-0.05, 0) is 30.3 Å². The lowest BCUT2D eigenvalue weighted by atomic mass is 10.2. The van der Waals surface area contributed by atoms with Gasteiger partial charge in [-0.1, -0.05) is 35.9 Å². The van der Waals surface area contributed by atoms with Gasteiger partial charge in [0.25, 0.3) is 15.9 Å². The molecule has 3 rings (SSSR count). The van der Waals surface area contributed by atoms with Crippen molar-refractivity contribution < 1.29 is 27.3 Å². The number of nitrogens with one attached hydrogen (secondary N) is 3. The number of furan rings is 1. The van der Waals surface area contributed by atoms with Crippen LogP contribution in [0.5, 0.6) is 0 Å². The first-order chi connectivity index (χ1) is 19.5. The van der Waals surface area contributed by atoms with Crippen LogP contribution in [0.4, 0.5) is 11.6 Å². The van der Waals surface area contributed by atoms with Crippen LogP contribution in [0.1, 0.15) is 16.1 Å². The van der Waals surface area contributed by atoms with Gasteiger partial charge in [-0.2, -0.15) is 5.10 Å². The zero-order valence-electron chi connectivity index (χ0n) is 20.9. The van der Waals surface area contributed by atoms with E-state index in [0.717, 1.165) is 30.1 Å². The minimum Gasteiger partial charge on any atom is -0.400 e. The van der Waals surface area contributed by atoms with Crippen molar-refractivity contribution in [2.75, 3.05) is 17.6 Å². The van der Waals surface area contributed by atoms with Crippen molar-refractivity contribution in [2.24, 2.45) is 15.8 Å². The van der Waals surface area contributed by atoms with Gasteiger partial charge >= 0.3 is 5.88 Å². The Labute approximate surface area is 242 Å². The van der Waals surface area contributed by atoms with E-state index in [1.807, 2.05) is 0 Å². The molecule has 2 aromatic carbocycles. The van der Waals surface area contributed by atoms with E-state index in [0.29, 0.717) is 5.69 Å². The van der Waals surface area contributed by atoms with Crippen molar-refractivity contribution in [2.45, 2.75) is 9.79 Å². The third kappa shape index (κ3) is 8.92. The molecule has 3 aromatic rings. The Kier molecular flexibility index (Phi) is 10.6. The van der Waals surface area contributed by atoms with Crippen LogP contribution in [0, 0.1) is 10.1 Å². The topological polar surface area (TPSA) is 211 Å². The Morgan fingerprint density at radius 2 is 1.93 bits per heavy atom. The molecule has 214 valence electrons. The molecule has 0 atom stereocenters. The first kappa shape index (κ1) is 30.9. The second-order valence-electron chi connectivity index (χ2n) is 7.74. The molecule has 14 nitrogen and oxygen atoms in total. The Balaban J connectivity index is 1.94. The number of primary amides is 1. The number of nitrogens with zero attached hydrogens (tertiary/aromatic N) is 3. The number of sulfonamides is 1. The minimum atomic E-state index is -4.49. The number of carbonyl (C=O) groups is 2. The average Bonchev–Trinajstić information content (AvgIpc) is 3.40. The molecule has 41 heavy (non-hydrogen) atoms. The minimum absolute atomic E-state index is 0.00652. The van der Waals surface area contributed by atoms with Gasteiger partial charge in [0.05, 0.1) is 35.2 Å². The van der Waals surface area contributed by atoms with E-state index < -0.39 is 37.5 Å². The number of hydrogen-bond acceptors (Lipinski definition) is 10. The highest BCUT2D eigenvalue weighted by molar-refractivity contribution is 8.00. The van der Waals surface area contributed by atoms with Crippen LogP contribution in [0.2, 0.25) is 5.02 Å². The van der Waals surface area contributed by atoms with Crippen molar-refractivity contribution in [3.63, 3.8) is 0 Å². The van der Waals surface area contributed by atoms with Crippen LogP contribution in [0.15, 0.2) is 91.6 Å². The molecule has 2 amide bonds. The molecule has 0 saturated heterocycles. The van der Waals surface area contributed by atoms with E-state index in [2.05, 4.69) is 32.1 Å². The van der Waals surface area contributed by atoms with E-state index in [4.69, 9.17) is 21.8 Å². The van der Waals surface area contributed by atoms with Gasteiger partial charge in [0, 0.05) is 10.6 Å². The van der Waals surface area contributed by atoms with E-state index in [1.165, 1.54) is 18.2 Å². The second-order valence-corrected chi connectivity index (χ2v) is 10.8. The molecule has 0 spiro atoms. The van der Waals surface area contributed by atoms with Crippen molar-refractivity contribution in [3.05, 3.63) is 93.7 Å². The predicted octanol–water partition coefficient (Wildman–Crippen LogP) is 3.11. The van der Waals surface area contributed by atoms with Crippen molar-refractivity contribution in [1.29, 1.82) is 0 Å². The van der Waals surface area contributed by atoms with Gasteiger partial charge in [-0.3, -0.25) is 19.7 Å². The number of aliphatic imine (C=N–C) groups is 1. The lowest BCUT2D eigenvalue weighted by Crippen LogP contribution is -2.39. The summed E-state index contributed by atoms with van der Waals surface area (Å²) in [4.78, 5) is 38.1. The monoisotopic (exact) mass is 619 g/mol. The molecule has 0 bridgehead atoms. The van der Waals surface area contributed by atoms with Gasteiger partial charge in [0.1, 0.15) is 9.82 Å². The molecule has 0 saturated carbocycles. The normalized spacial score (nSPS) is 11.7. The molecule has 5 N–H and O–H groups in total. The van der Waals surface area contributed by atoms with Crippen LogP contribution in [-0.4, -0.2) is 49.6 Å². The molecule has 0 unspecified atom stereocenters. The maximum absolute atomic E-state index is 13.5. The predicted molar refractivity (Wildman–Crippen MR) is 155 cm³/mol. The number of nitro groups is 1. The SMILES string of the molecule is C=CCN=C(N/N=C/c1ccc([N+](=O)[O-])o1)NS(=O)(=O)c1cc(C(=O)Nc2ccccc2)c(Cl)cc1SCC(N)=O. The number of thioether (sulfide) groups is 1. The fourth-order valence-corrected chi connectivity index (χ4v) is 5.59. The number of hydrazone groups is 1. The number of rotatable bonds is 12. The third-order valence-electron chi connectivity index (χ3n) is 4.73. The van der Waals surface area contributed by atoms with Gasteiger partial charge in [0.2, 0.25) is 11.9 Å². The molecule has 1 aromatic heterocycles. The fourth-order valence-electron chi connectivity index (χ4n) is 3.00. The summed E-state index contributed by atoms with van der Waals surface area (Å²) in [5, 5.41) is 17.1. The van der Waals surface area contributed by atoms with Crippen LogP contribution in [-0.2, 0) is 14.8 Å². The van der Waals surface area contributed by atoms with Gasteiger partial charge in [-0.25, -0.2) is 23.6 Å². The lowest BCUT2D eigenvalue weighted by Gasteiger charge is -2.15. The van der Waals surface area contributed by atoms with Crippen LogP contribution < -0.4 is 21.2 Å². The number of benzene rings is 2. The maximum Gasteiger partial charge on any atom is 0.433 e. The van der Waals surface area contributed by atoms with Crippen LogP contribution >= 0.6 is 23.4 Å². The van der Waals surface area contributed by atoms with Crippen LogP contribution in [0.25, 0.3) is 0 Å². The summed E-state index contributed by atoms with van der Waals surface area (Å²) in [5.74, 6) is -2.53. The molecule has 0 radical (unpaired) electrons. The largest absolute Gasteiger partial charge is 0.433 e. The first-order valence-electron chi connectivity index (χ1n) is 11.3. The van der Waals surface area contributed by atoms with E-state index in [1.54, 1.807) is 30.3 Å². The summed E-state index contributed by atoms with van der Waals surface area (Å²) in [7, 11) is -4.49. The summed E-state index contributed by atoms with van der Waals surface area (Å²) < 4.78 is 34.2. The molecule has 0 aliphatic carbocycles. The molecule has 0 aliphatic heterocycles. The molecule has 1 heterocycles. The number of hydrogen-bond donors (Lipinski definition) is 4. The molecule has 0 aliphatic rings. The van der Waals surface area contributed by atoms with Crippen molar-refractivity contribution in [1.82, 2.24) is 10.1 Å². The maximum atomic E-state index is 13.5. The number of carbonyl (C=O) groups excluding carboxylic acids is 2. The second kappa shape index (κ2) is 14.1. The fraction of sp³-hybridized carbons (Fsp3) is 0.0833. The molecular formula is C24H22ClN7O7S2. The number of amides is 2. The summed E-state index contributed by atoms with van der Waals surface area (Å²) >= 11 is 7.13. The smallest absolute Gasteiger partial charge is 0.400 e. The standard InChI is InChI=1S/C24H22ClN7O7S2/c1-2-10-27-24(30-28-13-16-8-9-22(39-16)32(35)36)31-41(37,38)20-11-17(18(25)12-19(20)40-14-21(26)33)23(34)29-15-6-4-3-5-7-15/h2-9,11-13H,1,10,14H2,(H2,26,33)(H,29,34)(H2,27,30,31)/b28-13+.